The number of carbonyl (C=O) groups is 1. The zero-order valence-electron chi connectivity index (χ0n) is 8.79. The molecule has 2 rings (SSSR count). The summed E-state index contributed by atoms with van der Waals surface area (Å²) >= 11 is 0. The van der Waals surface area contributed by atoms with E-state index < -0.39 is 0 Å². The standard InChI is InChI=1S/C11H19NO2/c1-14-11(13)10-6-8-4-2-3-5-9(8)7-12-10/h8-10,12H,2-7H2,1H3. The van der Waals surface area contributed by atoms with E-state index in [1.165, 1.54) is 32.8 Å². The number of ether oxygens (including phenoxy) is 1. The maximum Gasteiger partial charge on any atom is 0.322 e. The van der Waals surface area contributed by atoms with Crippen molar-refractivity contribution in [3.05, 3.63) is 0 Å². The molecule has 0 bridgehead atoms. The Kier molecular flexibility index (Phi) is 3.06. The number of methoxy groups -OCH3 is 1. The van der Waals surface area contributed by atoms with Gasteiger partial charge in [0.2, 0.25) is 0 Å². The van der Waals surface area contributed by atoms with Gasteiger partial charge >= 0.3 is 5.97 Å². The molecule has 0 aromatic carbocycles. The molecule has 80 valence electrons. The Bertz CT molecular complexity index is 217. The van der Waals surface area contributed by atoms with E-state index in [9.17, 15) is 4.79 Å². The Morgan fingerprint density at radius 1 is 1.29 bits per heavy atom. The van der Waals surface area contributed by atoms with Crippen LogP contribution in [0.5, 0.6) is 0 Å². The van der Waals surface area contributed by atoms with Gasteiger partial charge in [0.15, 0.2) is 0 Å². The number of carbonyl (C=O) groups excluding carboxylic acids is 1. The van der Waals surface area contributed by atoms with E-state index in [1.54, 1.807) is 0 Å². The van der Waals surface area contributed by atoms with Gasteiger partial charge in [-0.3, -0.25) is 4.79 Å². The van der Waals surface area contributed by atoms with E-state index in [-0.39, 0.29) is 12.0 Å². The molecule has 0 amide bonds. The topological polar surface area (TPSA) is 38.3 Å². The number of esters is 1. The molecule has 3 atom stereocenters. The van der Waals surface area contributed by atoms with Crippen molar-refractivity contribution in [2.45, 2.75) is 38.1 Å². The Morgan fingerprint density at radius 2 is 2.00 bits per heavy atom. The van der Waals surface area contributed by atoms with Crippen molar-refractivity contribution in [1.82, 2.24) is 5.32 Å². The van der Waals surface area contributed by atoms with Crippen LogP contribution in [-0.2, 0) is 9.53 Å². The molecule has 1 aliphatic carbocycles. The average molecular weight is 197 g/mol. The molecule has 1 saturated carbocycles. The van der Waals surface area contributed by atoms with Crippen LogP contribution in [0.1, 0.15) is 32.1 Å². The SMILES string of the molecule is COC(=O)C1CC2CCCCC2CN1. The second kappa shape index (κ2) is 4.30. The lowest BCUT2D eigenvalue weighted by Crippen LogP contribution is -2.49. The minimum atomic E-state index is -0.0889. The molecule has 0 radical (unpaired) electrons. The Labute approximate surface area is 85.2 Å². The second-order valence-corrected chi connectivity index (χ2v) is 4.52. The molecule has 3 unspecified atom stereocenters. The fourth-order valence-electron chi connectivity index (χ4n) is 2.87. The highest BCUT2D eigenvalue weighted by atomic mass is 16.5. The normalized spacial score (nSPS) is 37.4. The minimum Gasteiger partial charge on any atom is -0.468 e. The van der Waals surface area contributed by atoms with Crippen LogP contribution in [0.2, 0.25) is 0 Å². The predicted octanol–water partition coefficient (Wildman–Crippen LogP) is 1.33. The van der Waals surface area contributed by atoms with Gasteiger partial charge in [-0.1, -0.05) is 19.3 Å². The van der Waals surface area contributed by atoms with Gasteiger partial charge in [0.05, 0.1) is 7.11 Å². The Morgan fingerprint density at radius 3 is 2.71 bits per heavy atom. The molecule has 3 heteroatoms. The summed E-state index contributed by atoms with van der Waals surface area (Å²) < 4.78 is 4.77. The van der Waals surface area contributed by atoms with Crippen LogP contribution in [0.15, 0.2) is 0 Å². The molecule has 0 spiro atoms. The molecule has 3 nitrogen and oxygen atoms in total. The third kappa shape index (κ3) is 1.92. The molecule has 2 aliphatic rings. The monoisotopic (exact) mass is 197 g/mol. The van der Waals surface area contributed by atoms with Crippen molar-refractivity contribution >= 4 is 5.97 Å². The van der Waals surface area contributed by atoms with E-state index in [1.807, 2.05) is 0 Å². The number of hydrogen-bond acceptors (Lipinski definition) is 3. The number of piperidine rings is 1. The number of hydrogen-bond donors (Lipinski definition) is 1. The van der Waals surface area contributed by atoms with Gasteiger partial charge < -0.3 is 10.1 Å². The first-order valence-electron chi connectivity index (χ1n) is 5.62. The summed E-state index contributed by atoms with van der Waals surface area (Å²) in [7, 11) is 1.47. The molecule has 2 fully saturated rings. The molecule has 1 N–H and O–H groups in total. The van der Waals surface area contributed by atoms with Gasteiger partial charge in [-0.05, 0) is 31.2 Å². The smallest absolute Gasteiger partial charge is 0.322 e. The highest BCUT2D eigenvalue weighted by Crippen LogP contribution is 2.35. The predicted molar refractivity (Wildman–Crippen MR) is 53.9 cm³/mol. The molecule has 14 heavy (non-hydrogen) atoms. The summed E-state index contributed by atoms with van der Waals surface area (Å²) in [6, 6.07) is -0.0423. The van der Waals surface area contributed by atoms with Crippen molar-refractivity contribution in [1.29, 1.82) is 0 Å². The van der Waals surface area contributed by atoms with Crippen LogP contribution in [0.3, 0.4) is 0 Å². The fraction of sp³-hybridized carbons (Fsp3) is 0.909. The third-order valence-corrected chi connectivity index (χ3v) is 3.72. The molecule has 0 aromatic rings. The van der Waals surface area contributed by atoms with Crippen LogP contribution in [0.4, 0.5) is 0 Å². The zero-order chi connectivity index (χ0) is 9.97. The van der Waals surface area contributed by atoms with Gasteiger partial charge in [0.25, 0.3) is 0 Å². The van der Waals surface area contributed by atoms with E-state index in [0.29, 0.717) is 0 Å². The van der Waals surface area contributed by atoms with Gasteiger partial charge in [0.1, 0.15) is 6.04 Å². The molecule has 1 aliphatic heterocycles. The van der Waals surface area contributed by atoms with Crippen LogP contribution >= 0.6 is 0 Å². The summed E-state index contributed by atoms with van der Waals surface area (Å²) in [5.41, 5.74) is 0. The average Bonchev–Trinajstić information content (AvgIpc) is 2.27. The number of fused-ring (bicyclic) bond motifs is 1. The van der Waals surface area contributed by atoms with Crippen molar-refractivity contribution < 1.29 is 9.53 Å². The lowest BCUT2D eigenvalue weighted by Gasteiger charge is -2.38. The van der Waals surface area contributed by atoms with Crippen molar-refractivity contribution in [2.75, 3.05) is 13.7 Å². The van der Waals surface area contributed by atoms with Crippen LogP contribution in [0.25, 0.3) is 0 Å². The maximum atomic E-state index is 11.4. The van der Waals surface area contributed by atoms with Crippen LogP contribution in [-0.4, -0.2) is 25.7 Å². The van der Waals surface area contributed by atoms with Gasteiger partial charge in [0, 0.05) is 0 Å². The first-order chi connectivity index (χ1) is 6.81. The first kappa shape index (κ1) is 9.97. The molecule has 1 saturated heterocycles. The number of rotatable bonds is 1. The summed E-state index contributed by atoms with van der Waals surface area (Å²) in [5, 5.41) is 3.29. The molecule has 1 heterocycles. The summed E-state index contributed by atoms with van der Waals surface area (Å²) in [4.78, 5) is 11.4. The highest BCUT2D eigenvalue weighted by Gasteiger charge is 2.34. The summed E-state index contributed by atoms with van der Waals surface area (Å²) in [6.45, 7) is 1.00. The van der Waals surface area contributed by atoms with Crippen molar-refractivity contribution in [3.63, 3.8) is 0 Å². The van der Waals surface area contributed by atoms with E-state index in [2.05, 4.69) is 5.32 Å². The van der Waals surface area contributed by atoms with E-state index in [4.69, 9.17) is 4.74 Å². The Balaban J connectivity index is 1.92. The lowest BCUT2D eigenvalue weighted by atomic mass is 9.74. The van der Waals surface area contributed by atoms with Crippen molar-refractivity contribution in [2.24, 2.45) is 11.8 Å². The summed E-state index contributed by atoms with van der Waals surface area (Å²) in [6.07, 6.45) is 6.34. The second-order valence-electron chi connectivity index (χ2n) is 4.52. The van der Waals surface area contributed by atoms with E-state index >= 15 is 0 Å². The maximum absolute atomic E-state index is 11.4. The van der Waals surface area contributed by atoms with Crippen LogP contribution in [0, 0.1) is 11.8 Å². The molecular formula is C11H19NO2. The van der Waals surface area contributed by atoms with E-state index in [0.717, 1.165) is 24.8 Å². The van der Waals surface area contributed by atoms with Gasteiger partial charge in [-0.2, -0.15) is 0 Å². The zero-order valence-corrected chi connectivity index (χ0v) is 8.79. The van der Waals surface area contributed by atoms with Crippen LogP contribution < -0.4 is 5.32 Å². The van der Waals surface area contributed by atoms with Gasteiger partial charge in [-0.15, -0.1) is 0 Å². The third-order valence-electron chi connectivity index (χ3n) is 3.72. The Hall–Kier alpha value is -0.570. The lowest BCUT2D eigenvalue weighted by molar-refractivity contribution is -0.144. The molecular weight excluding hydrogens is 178 g/mol. The largest absolute Gasteiger partial charge is 0.468 e. The quantitative estimate of drug-likeness (QED) is 0.644. The first-order valence-corrected chi connectivity index (χ1v) is 5.62. The molecule has 0 aromatic heterocycles. The van der Waals surface area contributed by atoms with Gasteiger partial charge in [-0.25, -0.2) is 0 Å². The highest BCUT2D eigenvalue weighted by molar-refractivity contribution is 5.75. The summed E-state index contributed by atoms with van der Waals surface area (Å²) in [5.74, 6) is 1.48. The minimum absolute atomic E-state index is 0.0423. The number of nitrogens with one attached hydrogen (secondary N) is 1. The fourth-order valence-corrected chi connectivity index (χ4v) is 2.87. The van der Waals surface area contributed by atoms with Crippen molar-refractivity contribution in [3.8, 4) is 0 Å².